The lowest BCUT2D eigenvalue weighted by molar-refractivity contribution is -0.0212. The smallest absolute Gasteiger partial charge is 0.0913 e. The van der Waals surface area contributed by atoms with E-state index in [0.717, 1.165) is 12.8 Å². The summed E-state index contributed by atoms with van der Waals surface area (Å²) in [7, 11) is 0. The molecule has 0 radical (unpaired) electrons. The zero-order valence-corrected chi connectivity index (χ0v) is 9.95. The van der Waals surface area contributed by atoms with Crippen molar-refractivity contribution in [1.29, 1.82) is 5.26 Å². The van der Waals surface area contributed by atoms with Crippen LogP contribution < -0.4 is 0 Å². The van der Waals surface area contributed by atoms with Crippen LogP contribution in [0, 0.1) is 11.3 Å². The van der Waals surface area contributed by atoms with Crippen molar-refractivity contribution in [2.45, 2.75) is 49.5 Å². The van der Waals surface area contributed by atoms with Crippen LogP contribution in [0.25, 0.3) is 0 Å². The van der Waals surface area contributed by atoms with Crippen LogP contribution in [-0.4, -0.2) is 10.7 Å². The summed E-state index contributed by atoms with van der Waals surface area (Å²) in [6, 6.07) is 10.5. The molecular formula is C15H17NO. The standard InChI is InChI=1S/C15H17NO/c16-10-9-15(17)11-12-5-1-2-6-13(12)14(15)7-3-4-8-14/h1-2,5-6,17H,3-4,7-9,11H2. The topological polar surface area (TPSA) is 44.0 Å². The summed E-state index contributed by atoms with van der Waals surface area (Å²) >= 11 is 0. The van der Waals surface area contributed by atoms with E-state index in [-0.39, 0.29) is 11.8 Å². The van der Waals surface area contributed by atoms with E-state index >= 15 is 0 Å². The Labute approximate surface area is 102 Å². The lowest BCUT2D eigenvalue weighted by Gasteiger charge is -2.39. The molecule has 1 atom stereocenters. The quantitative estimate of drug-likeness (QED) is 0.801. The third kappa shape index (κ3) is 1.29. The lowest BCUT2D eigenvalue weighted by Crippen LogP contribution is -2.47. The van der Waals surface area contributed by atoms with Crippen LogP contribution in [0.2, 0.25) is 0 Å². The highest BCUT2D eigenvalue weighted by atomic mass is 16.3. The predicted molar refractivity (Wildman–Crippen MR) is 65.5 cm³/mol. The van der Waals surface area contributed by atoms with Crippen LogP contribution in [0.1, 0.15) is 43.2 Å². The van der Waals surface area contributed by atoms with Gasteiger partial charge in [-0.25, -0.2) is 0 Å². The van der Waals surface area contributed by atoms with Gasteiger partial charge in [-0.15, -0.1) is 0 Å². The normalized spacial score (nSPS) is 29.2. The van der Waals surface area contributed by atoms with E-state index in [4.69, 9.17) is 5.26 Å². The van der Waals surface area contributed by atoms with Gasteiger partial charge >= 0.3 is 0 Å². The molecule has 2 aliphatic carbocycles. The Bertz CT molecular complexity index is 482. The van der Waals surface area contributed by atoms with Crippen molar-refractivity contribution in [3.8, 4) is 6.07 Å². The molecule has 0 aliphatic heterocycles. The fourth-order valence-electron chi connectivity index (χ4n) is 3.95. The van der Waals surface area contributed by atoms with E-state index in [2.05, 4.69) is 24.3 Å². The van der Waals surface area contributed by atoms with E-state index in [1.807, 2.05) is 6.07 Å². The maximum atomic E-state index is 10.9. The van der Waals surface area contributed by atoms with Gasteiger partial charge in [0.2, 0.25) is 0 Å². The van der Waals surface area contributed by atoms with Gasteiger partial charge in [0.1, 0.15) is 0 Å². The molecule has 0 bridgehead atoms. The highest BCUT2D eigenvalue weighted by Gasteiger charge is 2.57. The second-order valence-electron chi connectivity index (χ2n) is 5.49. The second-order valence-corrected chi connectivity index (χ2v) is 5.49. The van der Waals surface area contributed by atoms with E-state index < -0.39 is 5.60 Å². The molecule has 88 valence electrons. The van der Waals surface area contributed by atoms with E-state index in [9.17, 15) is 5.11 Å². The zero-order valence-electron chi connectivity index (χ0n) is 9.95. The number of hydrogen-bond acceptors (Lipinski definition) is 2. The van der Waals surface area contributed by atoms with Gasteiger partial charge in [0.15, 0.2) is 0 Å². The first-order valence-corrected chi connectivity index (χ1v) is 6.40. The zero-order chi connectivity index (χ0) is 11.9. The molecule has 2 heteroatoms. The summed E-state index contributed by atoms with van der Waals surface area (Å²) in [6.07, 6.45) is 5.30. The number of nitrogens with zero attached hydrogens (tertiary/aromatic N) is 1. The van der Waals surface area contributed by atoms with Gasteiger partial charge in [-0.2, -0.15) is 5.26 Å². The number of nitriles is 1. The number of fused-ring (bicyclic) bond motifs is 2. The van der Waals surface area contributed by atoms with Crippen LogP contribution in [0.15, 0.2) is 24.3 Å². The second kappa shape index (κ2) is 3.58. The molecule has 0 heterocycles. The third-order valence-corrected chi connectivity index (χ3v) is 4.74. The average molecular weight is 227 g/mol. The monoisotopic (exact) mass is 227 g/mol. The largest absolute Gasteiger partial charge is 0.388 e. The molecule has 1 aromatic rings. The minimum absolute atomic E-state index is 0.140. The molecule has 1 spiro atoms. The Hall–Kier alpha value is -1.33. The summed E-state index contributed by atoms with van der Waals surface area (Å²) in [5.41, 5.74) is 1.57. The van der Waals surface area contributed by atoms with Gasteiger partial charge < -0.3 is 5.11 Å². The molecule has 1 unspecified atom stereocenters. The van der Waals surface area contributed by atoms with Crippen LogP contribution in [-0.2, 0) is 11.8 Å². The van der Waals surface area contributed by atoms with Crippen molar-refractivity contribution in [3.05, 3.63) is 35.4 Å². The average Bonchev–Trinajstić information content (AvgIpc) is 2.88. The summed E-state index contributed by atoms with van der Waals surface area (Å²) in [5.74, 6) is 0. The van der Waals surface area contributed by atoms with E-state index in [1.54, 1.807) is 0 Å². The minimum atomic E-state index is -0.831. The van der Waals surface area contributed by atoms with Gasteiger partial charge in [0.25, 0.3) is 0 Å². The fourth-order valence-corrected chi connectivity index (χ4v) is 3.95. The number of benzene rings is 1. The van der Waals surface area contributed by atoms with Crippen molar-refractivity contribution in [3.63, 3.8) is 0 Å². The molecule has 3 rings (SSSR count). The highest BCUT2D eigenvalue weighted by molar-refractivity contribution is 5.46. The molecule has 17 heavy (non-hydrogen) atoms. The first-order valence-electron chi connectivity index (χ1n) is 6.40. The van der Waals surface area contributed by atoms with Crippen molar-refractivity contribution in [1.82, 2.24) is 0 Å². The summed E-state index contributed by atoms with van der Waals surface area (Å²) in [6.45, 7) is 0. The lowest BCUT2D eigenvalue weighted by atomic mass is 9.69. The molecule has 0 saturated heterocycles. The maximum absolute atomic E-state index is 10.9. The van der Waals surface area contributed by atoms with Crippen LogP contribution in [0.3, 0.4) is 0 Å². The predicted octanol–water partition coefficient (Wildman–Crippen LogP) is 2.70. The van der Waals surface area contributed by atoms with Crippen molar-refractivity contribution in [2.75, 3.05) is 0 Å². The fraction of sp³-hybridized carbons (Fsp3) is 0.533. The molecule has 1 N–H and O–H groups in total. The van der Waals surface area contributed by atoms with Gasteiger partial charge in [0, 0.05) is 11.8 Å². The molecule has 0 amide bonds. The number of rotatable bonds is 1. The molecule has 2 nitrogen and oxygen atoms in total. The Kier molecular flexibility index (Phi) is 2.27. The van der Waals surface area contributed by atoms with Crippen LogP contribution in [0.4, 0.5) is 0 Å². The van der Waals surface area contributed by atoms with E-state index in [0.29, 0.717) is 6.42 Å². The summed E-state index contributed by atoms with van der Waals surface area (Å²) in [5, 5.41) is 19.9. The highest BCUT2D eigenvalue weighted by Crippen LogP contribution is 2.56. The molecule has 1 saturated carbocycles. The molecular weight excluding hydrogens is 210 g/mol. The van der Waals surface area contributed by atoms with Crippen LogP contribution in [0.5, 0.6) is 0 Å². The Morgan fingerprint density at radius 2 is 1.94 bits per heavy atom. The number of hydrogen-bond donors (Lipinski definition) is 1. The van der Waals surface area contributed by atoms with Crippen molar-refractivity contribution < 1.29 is 5.11 Å². The van der Waals surface area contributed by atoms with Gasteiger partial charge in [-0.3, -0.25) is 0 Å². The van der Waals surface area contributed by atoms with Crippen molar-refractivity contribution in [2.24, 2.45) is 0 Å². The Morgan fingerprint density at radius 3 is 2.65 bits per heavy atom. The molecule has 0 aromatic heterocycles. The first-order chi connectivity index (χ1) is 8.22. The van der Waals surface area contributed by atoms with E-state index in [1.165, 1.54) is 24.0 Å². The van der Waals surface area contributed by atoms with Crippen LogP contribution >= 0.6 is 0 Å². The van der Waals surface area contributed by atoms with Gasteiger partial charge in [-0.1, -0.05) is 37.1 Å². The molecule has 1 fully saturated rings. The van der Waals surface area contributed by atoms with Gasteiger partial charge in [-0.05, 0) is 24.0 Å². The SMILES string of the molecule is N#CCC1(O)Cc2ccccc2C12CCCC2. The molecule has 1 aromatic carbocycles. The number of aliphatic hydroxyl groups is 1. The molecule has 2 aliphatic rings. The van der Waals surface area contributed by atoms with Crippen molar-refractivity contribution >= 4 is 0 Å². The Morgan fingerprint density at radius 1 is 1.24 bits per heavy atom. The first kappa shape index (κ1) is 10.8. The Balaban J connectivity index is 2.15. The maximum Gasteiger partial charge on any atom is 0.0913 e. The summed E-state index contributed by atoms with van der Waals surface area (Å²) in [4.78, 5) is 0. The van der Waals surface area contributed by atoms with Gasteiger partial charge in [0.05, 0.1) is 18.1 Å². The third-order valence-electron chi connectivity index (χ3n) is 4.74. The minimum Gasteiger partial charge on any atom is -0.388 e. The summed E-state index contributed by atoms with van der Waals surface area (Å²) < 4.78 is 0.